The van der Waals surface area contributed by atoms with Crippen LogP contribution in [0, 0.1) is 12.8 Å². The van der Waals surface area contributed by atoms with Gasteiger partial charge in [-0.15, -0.1) is 11.3 Å². The Balaban J connectivity index is 2.05. The van der Waals surface area contributed by atoms with E-state index in [0.29, 0.717) is 6.54 Å². The van der Waals surface area contributed by atoms with Crippen LogP contribution in [0.1, 0.15) is 42.0 Å². The number of aryl methyl sites for hydroxylation is 1. The fraction of sp³-hybridized carbons (Fsp3) is 0.714. The van der Waals surface area contributed by atoms with Gasteiger partial charge in [-0.3, -0.25) is 4.90 Å². The fourth-order valence-electron chi connectivity index (χ4n) is 2.66. The van der Waals surface area contributed by atoms with Crippen molar-refractivity contribution in [2.24, 2.45) is 11.7 Å². The molecule has 2 unspecified atom stereocenters. The van der Waals surface area contributed by atoms with Crippen molar-refractivity contribution in [2.75, 3.05) is 6.54 Å². The van der Waals surface area contributed by atoms with Gasteiger partial charge in [0.2, 0.25) is 0 Å². The molecule has 1 aromatic heterocycles. The number of likely N-dealkylation sites (tertiary alicyclic amines) is 1. The van der Waals surface area contributed by atoms with Crippen molar-refractivity contribution in [2.45, 2.75) is 52.7 Å². The molecule has 0 saturated carbocycles. The maximum absolute atomic E-state index is 5.71. The van der Waals surface area contributed by atoms with Crippen LogP contribution in [-0.4, -0.2) is 17.5 Å². The molecule has 0 spiro atoms. The number of hydrogen-bond acceptors (Lipinski definition) is 3. The second-order valence-corrected chi connectivity index (χ2v) is 6.80. The van der Waals surface area contributed by atoms with Gasteiger partial charge in [-0.25, -0.2) is 0 Å². The van der Waals surface area contributed by atoms with Gasteiger partial charge < -0.3 is 5.73 Å². The summed E-state index contributed by atoms with van der Waals surface area (Å²) in [5.41, 5.74) is 7.19. The standard InChI is InChI=1S/C14H24N2S/c1-10-4-5-11(2)16(8-10)9-13-6-14(7-15)17-12(13)3/h6,10-11H,4-5,7-9,15H2,1-3H3. The molecule has 2 nitrogen and oxygen atoms in total. The Kier molecular flexibility index (Phi) is 4.23. The van der Waals surface area contributed by atoms with E-state index in [1.807, 2.05) is 11.3 Å². The minimum Gasteiger partial charge on any atom is -0.326 e. The SMILES string of the molecule is Cc1sc(CN)cc1CN1CC(C)CCC1C. The van der Waals surface area contributed by atoms with Gasteiger partial charge in [0.1, 0.15) is 0 Å². The van der Waals surface area contributed by atoms with Crippen LogP contribution < -0.4 is 5.73 Å². The first-order valence-corrected chi connectivity index (χ1v) is 7.44. The Morgan fingerprint density at radius 3 is 2.82 bits per heavy atom. The predicted molar refractivity (Wildman–Crippen MR) is 75.2 cm³/mol. The van der Waals surface area contributed by atoms with Crippen molar-refractivity contribution in [3.05, 3.63) is 21.4 Å². The largest absolute Gasteiger partial charge is 0.326 e. The lowest BCUT2D eigenvalue weighted by molar-refractivity contribution is 0.117. The van der Waals surface area contributed by atoms with E-state index in [9.17, 15) is 0 Å². The lowest BCUT2D eigenvalue weighted by atomic mass is 9.94. The number of hydrogen-bond donors (Lipinski definition) is 1. The van der Waals surface area contributed by atoms with E-state index >= 15 is 0 Å². The molecule has 0 amide bonds. The molecular weight excluding hydrogens is 228 g/mol. The number of piperidine rings is 1. The molecule has 2 rings (SSSR count). The Bertz CT molecular complexity index is 372. The van der Waals surface area contributed by atoms with E-state index < -0.39 is 0 Å². The van der Waals surface area contributed by atoms with Gasteiger partial charge >= 0.3 is 0 Å². The fourth-order valence-corrected chi connectivity index (χ4v) is 3.60. The van der Waals surface area contributed by atoms with Crippen LogP contribution in [0.25, 0.3) is 0 Å². The third-order valence-electron chi connectivity index (χ3n) is 3.89. The summed E-state index contributed by atoms with van der Waals surface area (Å²) >= 11 is 1.85. The van der Waals surface area contributed by atoms with Gasteiger partial charge in [0.05, 0.1) is 0 Å². The second kappa shape index (κ2) is 5.51. The monoisotopic (exact) mass is 252 g/mol. The van der Waals surface area contributed by atoms with Crippen LogP contribution >= 0.6 is 11.3 Å². The van der Waals surface area contributed by atoms with Gasteiger partial charge in [0.25, 0.3) is 0 Å². The zero-order chi connectivity index (χ0) is 12.4. The summed E-state index contributed by atoms with van der Waals surface area (Å²) in [6.45, 7) is 9.97. The van der Waals surface area contributed by atoms with Gasteiger partial charge in [-0.1, -0.05) is 6.92 Å². The second-order valence-electron chi connectivity index (χ2n) is 5.46. The van der Waals surface area contributed by atoms with Gasteiger partial charge in [0.15, 0.2) is 0 Å². The molecular formula is C14H24N2S. The number of rotatable bonds is 3. The molecule has 2 N–H and O–H groups in total. The summed E-state index contributed by atoms with van der Waals surface area (Å²) in [5.74, 6) is 0.846. The summed E-state index contributed by atoms with van der Waals surface area (Å²) in [7, 11) is 0. The van der Waals surface area contributed by atoms with E-state index in [1.54, 1.807) is 0 Å². The van der Waals surface area contributed by atoms with Gasteiger partial charge in [-0.05, 0) is 44.2 Å². The smallest absolute Gasteiger partial charge is 0.0274 e. The summed E-state index contributed by atoms with van der Waals surface area (Å²) in [5, 5.41) is 0. The molecule has 1 aliphatic rings. The molecule has 3 heteroatoms. The topological polar surface area (TPSA) is 29.3 Å². The van der Waals surface area contributed by atoms with Crippen LogP contribution in [0.2, 0.25) is 0 Å². The van der Waals surface area contributed by atoms with E-state index in [-0.39, 0.29) is 0 Å². The number of thiophene rings is 1. The predicted octanol–water partition coefficient (Wildman–Crippen LogP) is 3.14. The number of nitrogens with zero attached hydrogens (tertiary/aromatic N) is 1. The van der Waals surface area contributed by atoms with Crippen molar-refractivity contribution >= 4 is 11.3 Å². The summed E-state index contributed by atoms with van der Waals surface area (Å²) in [6.07, 6.45) is 2.72. The molecule has 1 saturated heterocycles. The zero-order valence-corrected chi connectivity index (χ0v) is 12.0. The Morgan fingerprint density at radius 2 is 2.18 bits per heavy atom. The summed E-state index contributed by atoms with van der Waals surface area (Å²) < 4.78 is 0. The van der Waals surface area contributed by atoms with E-state index in [2.05, 4.69) is 31.7 Å². The molecule has 0 aromatic carbocycles. The highest BCUT2D eigenvalue weighted by Crippen LogP contribution is 2.27. The average Bonchev–Trinajstić information content (AvgIpc) is 2.65. The third kappa shape index (κ3) is 3.09. The molecule has 0 bridgehead atoms. The van der Waals surface area contributed by atoms with Crippen molar-refractivity contribution in [1.82, 2.24) is 4.90 Å². The molecule has 1 aliphatic heterocycles. The van der Waals surface area contributed by atoms with Crippen LogP contribution in [0.4, 0.5) is 0 Å². The first-order valence-electron chi connectivity index (χ1n) is 6.62. The quantitative estimate of drug-likeness (QED) is 0.895. The lowest BCUT2D eigenvalue weighted by Gasteiger charge is -2.36. The first kappa shape index (κ1) is 13.1. The van der Waals surface area contributed by atoms with E-state index in [1.165, 1.54) is 34.7 Å². The van der Waals surface area contributed by atoms with Crippen LogP contribution in [0.5, 0.6) is 0 Å². The molecule has 0 radical (unpaired) electrons. The normalized spacial score (nSPS) is 26.4. The highest BCUT2D eigenvalue weighted by Gasteiger charge is 2.23. The van der Waals surface area contributed by atoms with E-state index in [4.69, 9.17) is 5.73 Å². The third-order valence-corrected chi connectivity index (χ3v) is 5.01. The lowest BCUT2D eigenvalue weighted by Crippen LogP contribution is -2.40. The maximum atomic E-state index is 5.71. The van der Waals surface area contributed by atoms with Crippen molar-refractivity contribution < 1.29 is 0 Å². The number of nitrogens with two attached hydrogens (primary N) is 1. The molecule has 1 fully saturated rings. The minimum atomic E-state index is 0.678. The zero-order valence-electron chi connectivity index (χ0n) is 11.2. The molecule has 96 valence electrons. The molecule has 2 atom stereocenters. The molecule has 2 heterocycles. The first-order chi connectivity index (χ1) is 8.10. The van der Waals surface area contributed by atoms with Gasteiger partial charge in [0, 0.05) is 35.4 Å². The Morgan fingerprint density at radius 1 is 1.41 bits per heavy atom. The van der Waals surface area contributed by atoms with Crippen molar-refractivity contribution in [3.63, 3.8) is 0 Å². The van der Waals surface area contributed by atoms with Crippen LogP contribution in [-0.2, 0) is 13.1 Å². The molecule has 1 aromatic rings. The van der Waals surface area contributed by atoms with Gasteiger partial charge in [-0.2, -0.15) is 0 Å². The summed E-state index contributed by atoms with van der Waals surface area (Å²) in [6, 6.07) is 3.03. The van der Waals surface area contributed by atoms with Crippen molar-refractivity contribution in [3.8, 4) is 0 Å². The average molecular weight is 252 g/mol. The van der Waals surface area contributed by atoms with E-state index in [0.717, 1.165) is 18.5 Å². The highest BCUT2D eigenvalue weighted by atomic mass is 32.1. The van der Waals surface area contributed by atoms with Crippen LogP contribution in [0.3, 0.4) is 0 Å². The molecule has 17 heavy (non-hydrogen) atoms. The van der Waals surface area contributed by atoms with Crippen LogP contribution in [0.15, 0.2) is 6.07 Å². The Hall–Kier alpha value is -0.380. The van der Waals surface area contributed by atoms with Crippen molar-refractivity contribution in [1.29, 1.82) is 0 Å². The molecule has 0 aliphatic carbocycles. The maximum Gasteiger partial charge on any atom is 0.0274 e. The summed E-state index contributed by atoms with van der Waals surface area (Å²) in [4.78, 5) is 5.38. The highest BCUT2D eigenvalue weighted by molar-refractivity contribution is 7.12. The Labute approximate surface area is 109 Å². The minimum absolute atomic E-state index is 0.678.